The van der Waals surface area contributed by atoms with Gasteiger partial charge in [-0.2, -0.15) is 4.39 Å². The molecule has 1 amide bonds. The predicted molar refractivity (Wildman–Crippen MR) is 62.4 cm³/mol. The van der Waals surface area contributed by atoms with Gasteiger partial charge in [0.15, 0.2) is 0 Å². The Hall–Kier alpha value is -1.98. The molecule has 0 unspecified atom stereocenters. The summed E-state index contributed by atoms with van der Waals surface area (Å²) >= 11 is 0. The van der Waals surface area contributed by atoms with Gasteiger partial charge in [-0.05, 0) is 25.5 Å². The molecular formula is C12H15FN2O3. The molecule has 1 aromatic heterocycles. The van der Waals surface area contributed by atoms with Gasteiger partial charge in [-0.15, -0.1) is 0 Å². The first-order valence-corrected chi connectivity index (χ1v) is 5.70. The van der Waals surface area contributed by atoms with Gasteiger partial charge in [-0.3, -0.25) is 9.59 Å². The van der Waals surface area contributed by atoms with E-state index in [-0.39, 0.29) is 18.1 Å². The van der Waals surface area contributed by atoms with E-state index in [9.17, 15) is 14.0 Å². The standard InChI is InChI=1S/C12H15FN2O3/c1-2-18-11(16)7-4-8-14-12(17)9-5-3-6-10(13)15-9/h3,5-6H,2,4,7-8H2,1H3,(H,14,17). The molecule has 0 aromatic carbocycles. The lowest BCUT2D eigenvalue weighted by atomic mass is 10.3. The van der Waals surface area contributed by atoms with Gasteiger partial charge in [-0.25, -0.2) is 4.98 Å². The fraction of sp³-hybridized carbons (Fsp3) is 0.417. The topological polar surface area (TPSA) is 68.3 Å². The number of rotatable bonds is 6. The number of amides is 1. The van der Waals surface area contributed by atoms with Crippen LogP contribution in [0.25, 0.3) is 0 Å². The van der Waals surface area contributed by atoms with Crippen LogP contribution in [0.5, 0.6) is 0 Å². The Bertz CT molecular complexity index is 424. The molecule has 0 atom stereocenters. The SMILES string of the molecule is CCOC(=O)CCCNC(=O)c1cccc(F)n1. The van der Waals surface area contributed by atoms with E-state index in [4.69, 9.17) is 4.74 Å². The summed E-state index contributed by atoms with van der Waals surface area (Å²) in [5, 5.41) is 2.55. The molecule has 0 aliphatic heterocycles. The van der Waals surface area contributed by atoms with Crippen molar-refractivity contribution in [3.8, 4) is 0 Å². The highest BCUT2D eigenvalue weighted by Crippen LogP contribution is 1.98. The Morgan fingerprint density at radius 1 is 1.44 bits per heavy atom. The van der Waals surface area contributed by atoms with Gasteiger partial charge < -0.3 is 10.1 Å². The van der Waals surface area contributed by atoms with E-state index in [0.29, 0.717) is 19.6 Å². The highest BCUT2D eigenvalue weighted by Gasteiger charge is 2.07. The van der Waals surface area contributed by atoms with Crippen molar-refractivity contribution in [2.75, 3.05) is 13.2 Å². The van der Waals surface area contributed by atoms with Gasteiger partial charge in [0.2, 0.25) is 5.95 Å². The fourth-order valence-electron chi connectivity index (χ4n) is 1.29. The Morgan fingerprint density at radius 2 is 2.22 bits per heavy atom. The van der Waals surface area contributed by atoms with Crippen LogP contribution < -0.4 is 5.32 Å². The third kappa shape index (κ3) is 4.90. The summed E-state index contributed by atoms with van der Waals surface area (Å²) in [5.74, 6) is -1.46. The van der Waals surface area contributed by atoms with Crippen molar-refractivity contribution in [3.05, 3.63) is 29.8 Å². The maximum Gasteiger partial charge on any atom is 0.305 e. The van der Waals surface area contributed by atoms with E-state index >= 15 is 0 Å². The summed E-state index contributed by atoms with van der Waals surface area (Å²) in [6, 6.07) is 4.00. The van der Waals surface area contributed by atoms with Crippen molar-refractivity contribution in [1.82, 2.24) is 10.3 Å². The van der Waals surface area contributed by atoms with Gasteiger partial charge in [0.25, 0.3) is 5.91 Å². The molecule has 0 aliphatic rings. The maximum atomic E-state index is 12.8. The predicted octanol–water partition coefficient (Wildman–Crippen LogP) is 1.29. The van der Waals surface area contributed by atoms with Gasteiger partial charge >= 0.3 is 5.97 Å². The molecule has 1 N–H and O–H groups in total. The Labute approximate surface area is 104 Å². The number of esters is 1. The van der Waals surface area contributed by atoms with Crippen LogP contribution in [0.4, 0.5) is 4.39 Å². The number of ether oxygens (including phenoxy) is 1. The molecule has 0 bridgehead atoms. The van der Waals surface area contributed by atoms with Crippen molar-refractivity contribution < 1.29 is 18.7 Å². The second-order valence-corrected chi connectivity index (χ2v) is 3.51. The van der Waals surface area contributed by atoms with Crippen LogP contribution in [0.3, 0.4) is 0 Å². The second-order valence-electron chi connectivity index (χ2n) is 3.51. The molecule has 98 valence electrons. The molecule has 0 saturated carbocycles. The lowest BCUT2D eigenvalue weighted by Gasteiger charge is -2.04. The highest BCUT2D eigenvalue weighted by molar-refractivity contribution is 5.92. The van der Waals surface area contributed by atoms with Crippen LogP contribution in [0.2, 0.25) is 0 Å². The third-order valence-corrected chi connectivity index (χ3v) is 2.10. The minimum absolute atomic E-state index is 0.0196. The molecule has 5 nitrogen and oxygen atoms in total. The van der Waals surface area contributed by atoms with Gasteiger partial charge in [0.1, 0.15) is 5.69 Å². The van der Waals surface area contributed by atoms with E-state index in [1.807, 2.05) is 0 Å². The average Bonchev–Trinajstić information content (AvgIpc) is 2.35. The number of nitrogens with one attached hydrogen (secondary N) is 1. The molecule has 0 radical (unpaired) electrons. The monoisotopic (exact) mass is 254 g/mol. The van der Waals surface area contributed by atoms with Gasteiger partial charge in [0.05, 0.1) is 6.61 Å². The van der Waals surface area contributed by atoms with Crippen LogP contribution in [-0.2, 0) is 9.53 Å². The fourth-order valence-corrected chi connectivity index (χ4v) is 1.29. The second kappa shape index (κ2) is 7.37. The summed E-state index contributed by atoms with van der Waals surface area (Å²) in [6.07, 6.45) is 0.713. The summed E-state index contributed by atoms with van der Waals surface area (Å²) < 4.78 is 17.5. The summed E-state index contributed by atoms with van der Waals surface area (Å²) in [5.41, 5.74) is 0.0196. The van der Waals surface area contributed by atoms with Crippen LogP contribution >= 0.6 is 0 Å². The zero-order chi connectivity index (χ0) is 13.4. The summed E-state index contributed by atoms with van der Waals surface area (Å²) in [7, 11) is 0. The van der Waals surface area contributed by atoms with Crippen molar-refractivity contribution in [2.24, 2.45) is 0 Å². The normalized spacial score (nSPS) is 9.89. The van der Waals surface area contributed by atoms with E-state index in [2.05, 4.69) is 10.3 Å². The number of aromatic nitrogens is 1. The van der Waals surface area contributed by atoms with Crippen LogP contribution in [0.15, 0.2) is 18.2 Å². The zero-order valence-electron chi connectivity index (χ0n) is 10.1. The molecule has 1 heterocycles. The molecular weight excluding hydrogens is 239 g/mol. The van der Waals surface area contributed by atoms with Crippen LogP contribution in [0.1, 0.15) is 30.3 Å². The number of hydrogen-bond acceptors (Lipinski definition) is 4. The van der Waals surface area contributed by atoms with Crippen molar-refractivity contribution in [1.29, 1.82) is 0 Å². The average molecular weight is 254 g/mol. The van der Waals surface area contributed by atoms with E-state index in [1.165, 1.54) is 12.1 Å². The van der Waals surface area contributed by atoms with Crippen LogP contribution in [-0.4, -0.2) is 30.0 Å². The summed E-state index contributed by atoms with van der Waals surface area (Å²) in [6.45, 7) is 2.39. The van der Waals surface area contributed by atoms with Gasteiger partial charge in [0, 0.05) is 13.0 Å². The molecule has 0 fully saturated rings. The molecule has 0 aliphatic carbocycles. The molecule has 1 rings (SSSR count). The van der Waals surface area contributed by atoms with Crippen LogP contribution in [0, 0.1) is 5.95 Å². The minimum Gasteiger partial charge on any atom is -0.466 e. The smallest absolute Gasteiger partial charge is 0.305 e. The maximum absolute atomic E-state index is 12.8. The number of pyridine rings is 1. The van der Waals surface area contributed by atoms with Gasteiger partial charge in [-0.1, -0.05) is 6.07 Å². The molecule has 0 spiro atoms. The number of carbonyl (C=O) groups is 2. The Morgan fingerprint density at radius 3 is 2.89 bits per heavy atom. The molecule has 1 aromatic rings. The van der Waals surface area contributed by atoms with Crippen molar-refractivity contribution in [2.45, 2.75) is 19.8 Å². The first-order valence-electron chi connectivity index (χ1n) is 5.70. The molecule has 18 heavy (non-hydrogen) atoms. The van der Waals surface area contributed by atoms with Crippen molar-refractivity contribution >= 4 is 11.9 Å². The summed E-state index contributed by atoms with van der Waals surface area (Å²) in [4.78, 5) is 26.0. The first-order chi connectivity index (χ1) is 8.63. The first kappa shape index (κ1) is 14.1. The third-order valence-electron chi connectivity index (χ3n) is 2.10. The number of nitrogens with zero attached hydrogens (tertiary/aromatic N) is 1. The molecule has 6 heteroatoms. The number of carbonyl (C=O) groups excluding carboxylic acids is 2. The van der Waals surface area contributed by atoms with E-state index < -0.39 is 11.9 Å². The molecule has 0 saturated heterocycles. The van der Waals surface area contributed by atoms with E-state index in [0.717, 1.165) is 6.07 Å². The van der Waals surface area contributed by atoms with E-state index in [1.54, 1.807) is 6.92 Å². The Balaban J connectivity index is 2.27. The lowest BCUT2D eigenvalue weighted by Crippen LogP contribution is -2.26. The number of halogens is 1. The highest BCUT2D eigenvalue weighted by atomic mass is 19.1. The quantitative estimate of drug-likeness (QED) is 0.472. The number of hydrogen-bond donors (Lipinski definition) is 1. The largest absolute Gasteiger partial charge is 0.466 e. The zero-order valence-corrected chi connectivity index (χ0v) is 10.1. The minimum atomic E-state index is -0.700. The Kier molecular flexibility index (Phi) is 5.76. The van der Waals surface area contributed by atoms with Crippen molar-refractivity contribution in [3.63, 3.8) is 0 Å². The lowest BCUT2D eigenvalue weighted by molar-refractivity contribution is -0.143.